The van der Waals surface area contributed by atoms with Crippen LogP contribution in [0.5, 0.6) is 5.75 Å². The van der Waals surface area contributed by atoms with Gasteiger partial charge in [0, 0.05) is 0 Å². The van der Waals surface area contributed by atoms with E-state index in [2.05, 4.69) is 10.1 Å². The number of methoxy groups -OCH3 is 1. The Morgan fingerprint density at radius 1 is 1.20 bits per heavy atom. The van der Waals surface area contributed by atoms with Crippen LogP contribution in [0.2, 0.25) is 0 Å². The van der Waals surface area contributed by atoms with Gasteiger partial charge in [-0.15, -0.1) is 0 Å². The number of carbonyl (C=O) groups excluding carboxylic acids is 2. The smallest absolute Gasteiger partial charge is 0.328 e. The summed E-state index contributed by atoms with van der Waals surface area (Å²) in [6.45, 7) is 3.82. The van der Waals surface area contributed by atoms with Crippen molar-refractivity contribution in [2.45, 2.75) is 26.3 Å². The molecule has 20 heavy (non-hydrogen) atoms. The lowest BCUT2D eigenvalue weighted by Gasteiger charge is -2.18. The van der Waals surface area contributed by atoms with Gasteiger partial charge in [-0.1, -0.05) is 32.0 Å². The van der Waals surface area contributed by atoms with Crippen molar-refractivity contribution in [3.05, 3.63) is 30.3 Å². The van der Waals surface area contributed by atoms with E-state index in [1.807, 2.05) is 32.0 Å². The number of hydrogen-bond acceptors (Lipinski definition) is 4. The fraction of sp³-hybridized carbons (Fsp3) is 0.467. The molecule has 0 aliphatic carbocycles. The number of benzene rings is 1. The van der Waals surface area contributed by atoms with Crippen LogP contribution < -0.4 is 10.1 Å². The number of esters is 1. The number of amides is 1. The summed E-state index contributed by atoms with van der Waals surface area (Å²) in [6.07, 6.45) is 0.531. The largest absolute Gasteiger partial charge is 0.484 e. The molecule has 1 atom stereocenters. The molecule has 1 amide bonds. The predicted molar refractivity (Wildman–Crippen MR) is 75.3 cm³/mol. The van der Waals surface area contributed by atoms with Gasteiger partial charge in [-0.3, -0.25) is 4.79 Å². The maximum atomic E-state index is 11.8. The Morgan fingerprint density at radius 3 is 2.40 bits per heavy atom. The van der Waals surface area contributed by atoms with E-state index in [4.69, 9.17) is 4.74 Å². The van der Waals surface area contributed by atoms with Gasteiger partial charge in [0.05, 0.1) is 7.11 Å². The Kier molecular flexibility index (Phi) is 6.56. The summed E-state index contributed by atoms with van der Waals surface area (Å²) in [5.41, 5.74) is 0. The summed E-state index contributed by atoms with van der Waals surface area (Å²) in [6, 6.07) is 8.40. The molecule has 0 bridgehead atoms. The van der Waals surface area contributed by atoms with E-state index in [-0.39, 0.29) is 18.4 Å². The average Bonchev–Trinajstić information content (AvgIpc) is 2.44. The third-order valence-electron chi connectivity index (χ3n) is 2.64. The van der Waals surface area contributed by atoms with Crippen LogP contribution >= 0.6 is 0 Å². The molecular formula is C15H21NO4. The molecule has 110 valence electrons. The van der Waals surface area contributed by atoms with E-state index in [1.54, 1.807) is 12.1 Å². The lowest BCUT2D eigenvalue weighted by atomic mass is 10.0. The van der Waals surface area contributed by atoms with Crippen LogP contribution in [0.1, 0.15) is 20.3 Å². The first-order valence-electron chi connectivity index (χ1n) is 6.58. The van der Waals surface area contributed by atoms with Gasteiger partial charge in [-0.2, -0.15) is 0 Å². The van der Waals surface area contributed by atoms with Crippen LogP contribution in [0.3, 0.4) is 0 Å². The Hall–Kier alpha value is -2.04. The van der Waals surface area contributed by atoms with Crippen molar-refractivity contribution in [1.82, 2.24) is 5.32 Å². The maximum Gasteiger partial charge on any atom is 0.328 e. The highest BCUT2D eigenvalue weighted by Crippen LogP contribution is 2.09. The number of hydrogen-bond donors (Lipinski definition) is 1. The van der Waals surface area contributed by atoms with Crippen molar-refractivity contribution in [3.63, 3.8) is 0 Å². The predicted octanol–water partition coefficient (Wildman–Crippen LogP) is 1.77. The van der Waals surface area contributed by atoms with Crippen molar-refractivity contribution >= 4 is 11.9 Å². The lowest BCUT2D eigenvalue weighted by molar-refractivity contribution is -0.145. The Balaban J connectivity index is 2.47. The molecule has 0 heterocycles. The van der Waals surface area contributed by atoms with Gasteiger partial charge in [0.2, 0.25) is 0 Å². The highest BCUT2D eigenvalue weighted by Gasteiger charge is 2.22. The first-order chi connectivity index (χ1) is 9.52. The van der Waals surface area contributed by atoms with Crippen molar-refractivity contribution in [2.75, 3.05) is 13.7 Å². The fourth-order valence-corrected chi connectivity index (χ4v) is 1.73. The molecule has 5 nitrogen and oxygen atoms in total. The molecule has 1 aromatic rings. The van der Waals surface area contributed by atoms with Crippen LogP contribution in [0.25, 0.3) is 0 Å². The van der Waals surface area contributed by atoms with Crippen molar-refractivity contribution in [2.24, 2.45) is 5.92 Å². The molecule has 1 rings (SSSR count). The minimum atomic E-state index is -0.633. The van der Waals surface area contributed by atoms with Crippen molar-refractivity contribution in [3.8, 4) is 5.75 Å². The highest BCUT2D eigenvalue weighted by atomic mass is 16.5. The maximum absolute atomic E-state index is 11.8. The Bertz CT molecular complexity index is 431. The number of para-hydroxylation sites is 1. The standard InChI is InChI=1S/C15H21NO4/c1-11(2)9-13(15(18)19-3)16-14(17)10-20-12-7-5-4-6-8-12/h4-8,11,13H,9-10H2,1-3H3,(H,16,17). The summed E-state index contributed by atoms with van der Waals surface area (Å²) in [5, 5.41) is 2.63. The van der Waals surface area contributed by atoms with Crippen LogP contribution in [-0.4, -0.2) is 31.6 Å². The van der Waals surface area contributed by atoms with Gasteiger partial charge < -0.3 is 14.8 Å². The zero-order chi connectivity index (χ0) is 15.0. The molecule has 5 heteroatoms. The molecular weight excluding hydrogens is 258 g/mol. The van der Waals surface area contributed by atoms with E-state index in [1.165, 1.54) is 7.11 Å². The van der Waals surface area contributed by atoms with E-state index in [9.17, 15) is 9.59 Å². The molecule has 0 saturated carbocycles. The Labute approximate surface area is 119 Å². The summed E-state index contributed by atoms with van der Waals surface area (Å²) < 4.78 is 10.0. The van der Waals surface area contributed by atoms with Crippen molar-refractivity contribution in [1.29, 1.82) is 0 Å². The third-order valence-corrected chi connectivity index (χ3v) is 2.64. The molecule has 0 radical (unpaired) electrons. The number of rotatable bonds is 7. The summed E-state index contributed by atoms with van der Waals surface area (Å²) in [4.78, 5) is 23.4. The molecule has 1 N–H and O–H groups in total. The Morgan fingerprint density at radius 2 is 1.85 bits per heavy atom. The molecule has 1 aromatic carbocycles. The zero-order valence-corrected chi connectivity index (χ0v) is 12.1. The second-order valence-electron chi connectivity index (χ2n) is 4.87. The molecule has 1 unspecified atom stereocenters. The molecule has 0 aliphatic rings. The monoisotopic (exact) mass is 279 g/mol. The van der Waals surface area contributed by atoms with Crippen LogP contribution in [0.4, 0.5) is 0 Å². The molecule has 0 saturated heterocycles. The van der Waals surface area contributed by atoms with Crippen LogP contribution in [0, 0.1) is 5.92 Å². The van der Waals surface area contributed by atoms with Gasteiger partial charge in [-0.05, 0) is 24.5 Å². The number of carbonyl (C=O) groups is 2. The van der Waals surface area contributed by atoms with Gasteiger partial charge >= 0.3 is 5.97 Å². The second-order valence-corrected chi connectivity index (χ2v) is 4.87. The first-order valence-corrected chi connectivity index (χ1v) is 6.58. The number of ether oxygens (including phenoxy) is 2. The molecule has 0 fully saturated rings. The van der Waals surface area contributed by atoms with Gasteiger partial charge in [-0.25, -0.2) is 4.79 Å². The average molecular weight is 279 g/mol. The van der Waals surface area contributed by atoms with Crippen molar-refractivity contribution < 1.29 is 19.1 Å². The van der Waals surface area contributed by atoms with Crippen LogP contribution in [-0.2, 0) is 14.3 Å². The normalized spacial score (nSPS) is 11.8. The molecule has 0 aromatic heterocycles. The molecule has 0 aliphatic heterocycles. The van der Waals surface area contributed by atoms with Gasteiger partial charge in [0.15, 0.2) is 6.61 Å². The van der Waals surface area contributed by atoms with E-state index in [0.717, 1.165) is 0 Å². The SMILES string of the molecule is COC(=O)C(CC(C)C)NC(=O)COc1ccccc1. The highest BCUT2D eigenvalue weighted by molar-refractivity contribution is 5.85. The van der Waals surface area contributed by atoms with E-state index < -0.39 is 12.0 Å². The fourth-order valence-electron chi connectivity index (χ4n) is 1.73. The summed E-state index contributed by atoms with van der Waals surface area (Å²) in [7, 11) is 1.31. The van der Waals surface area contributed by atoms with Gasteiger partial charge in [0.1, 0.15) is 11.8 Å². The third kappa shape index (κ3) is 5.73. The first kappa shape index (κ1) is 16.0. The summed E-state index contributed by atoms with van der Waals surface area (Å²) >= 11 is 0. The minimum absolute atomic E-state index is 0.129. The van der Waals surface area contributed by atoms with Crippen LogP contribution in [0.15, 0.2) is 30.3 Å². The quantitative estimate of drug-likeness (QED) is 0.773. The lowest BCUT2D eigenvalue weighted by Crippen LogP contribution is -2.44. The van der Waals surface area contributed by atoms with E-state index in [0.29, 0.717) is 12.2 Å². The van der Waals surface area contributed by atoms with E-state index >= 15 is 0 Å². The number of nitrogens with one attached hydrogen (secondary N) is 1. The molecule has 0 spiro atoms. The summed E-state index contributed by atoms with van der Waals surface area (Å²) in [5.74, 6) is 0.104. The van der Waals surface area contributed by atoms with Gasteiger partial charge in [0.25, 0.3) is 5.91 Å². The topological polar surface area (TPSA) is 64.6 Å². The second kappa shape index (κ2) is 8.19. The minimum Gasteiger partial charge on any atom is -0.484 e. The zero-order valence-electron chi connectivity index (χ0n) is 12.1.